The first-order valence-electron chi connectivity index (χ1n) is 11.4. The van der Waals surface area contributed by atoms with Gasteiger partial charge in [-0.1, -0.05) is 47.6 Å². The lowest BCUT2D eigenvalue weighted by Gasteiger charge is -2.26. The maximum Gasteiger partial charge on any atom is 0.250 e. The molecule has 0 bridgehead atoms. The number of amides is 1. The minimum atomic E-state index is -0.322. The fourth-order valence-corrected chi connectivity index (χ4v) is 5.51. The van der Waals surface area contributed by atoms with E-state index in [4.69, 9.17) is 33.0 Å². The van der Waals surface area contributed by atoms with Crippen LogP contribution in [0.25, 0.3) is 0 Å². The number of hydrogen-bond acceptors (Lipinski definition) is 6. The number of carbonyl (C=O) groups is 1. The van der Waals surface area contributed by atoms with Gasteiger partial charge >= 0.3 is 0 Å². The van der Waals surface area contributed by atoms with Gasteiger partial charge in [-0.25, -0.2) is 0 Å². The quantitative estimate of drug-likeness (QED) is 0.250. The number of carbonyl (C=O) groups excluding carboxylic acids is 1. The molecule has 2 aromatic heterocycles. The second kappa shape index (κ2) is 11.4. The number of nitrogens with one attached hydrogen (secondary N) is 2. The number of aromatic nitrogens is 1. The highest BCUT2D eigenvalue weighted by Gasteiger charge is 2.42. The maximum atomic E-state index is 12.0. The Kier molecular flexibility index (Phi) is 7.76. The zero-order valence-corrected chi connectivity index (χ0v) is 22.1. The Morgan fingerprint density at radius 2 is 1.97 bits per heavy atom. The van der Waals surface area contributed by atoms with Crippen LogP contribution in [0.15, 0.2) is 99.5 Å². The molecule has 2 atom stereocenters. The van der Waals surface area contributed by atoms with E-state index in [1.54, 1.807) is 30.1 Å². The van der Waals surface area contributed by atoms with Crippen molar-refractivity contribution in [1.29, 1.82) is 0 Å². The van der Waals surface area contributed by atoms with E-state index in [9.17, 15) is 4.79 Å². The second-order valence-electron chi connectivity index (χ2n) is 8.21. The number of anilines is 2. The number of methoxy groups -OCH3 is 1. The summed E-state index contributed by atoms with van der Waals surface area (Å²) in [6, 6.07) is 24.6. The standard InChI is InChI=1S/C27H23ClN4O3S2/c1-34-16-23(33)30-20-11-10-17(15-19(20)28)32-26(25(31-27(32)36)21-9-5-6-14-29-21)22-12-13-24(35-22)37-18-7-3-2-4-8-18/h2-15,25-26H,16H2,1H3,(H,30,33)(H,31,36). The molecule has 4 aromatic rings. The van der Waals surface area contributed by atoms with Gasteiger partial charge in [0.15, 0.2) is 10.2 Å². The molecule has 2 N–H and O–H groups in total. The van der Waals surface area contributed by atoms with Gasteiger partial charge < -0.3 is 24.7 Å². The Balaban J connectivity index is 1.49. The van der Waals surface area contributed by atoms with Gasteiger partial charge in [0.1, 0.15) is 18.4 Å². The molecule has 0 spiro atoms. The SMILES string of the molecule is COCC(=O)Nc1ccc(N2C(=S)NC(c3ccccn3)C2c2ccc(Sc3ccccc3)o2)cc1Cl. The van der Waals surface area contributed by atoms with Gasteiger partial charge in [0.05, 0.1) is 22.4 Å². The van der Waals surface area contributed by atoms with Crippen LogP contribution in [0.1, 0.15) is 23.5 Å². The number of pyridine rings is 1. The van der Waals surface area contributed by atoms with Gasteiger partial charge in [0.25, 0.3) is 0 Å². The highest BCUT2D eigenvalue weighted by Crippen LogP contribution is 2.44. The summed E-state index contributed by atoms with van der Waals surface area (Å²) in [6.45, 7) is -0.0616. The number of thiocarbonyl (C=S) groups is 1. The molecule has 37 heavy (non-hydrogen) atoms. The Morgan fingerprint density at radius 1 is 1.16 bits per heavy atom. The Labute approximate surface area is 229 Å². The Hall–Kier alpha value is -3.37. The highest BCUT2D eigenvalue weighted by atomic mass is 35.5. The number of furan rings is 1. The molecular formula is C27H23ClN4O3S2. The van der Waals surface area contributed by atoms with Crippen LogP contribution in [0, 0.1) is 0 Å². The third-order valence-corrected chi connectivity index (χ3v) is 7.29. The molecule has 1 aliphatic heterocycles. The second-order valence-corrected chi connectivity index (χ2v) is 10.1. The van der Waals surface area contributed by atoms with E-state index < -0.39 is 0 Å². The number of nitrogens with zero attached hydrogens (tertiary/aromatic N) is 2. The van der Waals surface area contributed by atoms with E-state index in [2.05, 4.69) is 15.6 Å². The van der Waals surface area contributed by atoms with Gasteiger partial charge in [-0.3, -0.25) is 9.78 Å². The number of benzene rings is 2. The first-order chi connectivity index (χ1) is 18.0. The van der Waals surface area contributed by atoms with E-state index in [1.165, 1.54) is 7.11 Å². The third kappa shape index (κ3) is 5.65. The number of ether oxygens (including phenoxy) is 1. The first-order valence-corrected chi connectivity index (χ1v) is 13.1. The summed E-state index contributed by atoms with van der Waals surface area (Å²) in [5.41, 5.74) is 2.08. The molecule has 1 amide bonds. The molecule has 188 valence electrons. The van der Waals surface area contributed by atoms with Crippen molar-refractivity contribution in [1.82, 2.24) is 10.3 Å². The molecule has 2 unspecified atom stereocenters. The smallest absolute Gasteiger partial charge is 0.250 e. The summed E-state index contributed by atoms with van der Waals surface area (Å²) in [6.07, 6.45) is 1.76. The monoisotopic (exact) mass is 550 g/mol. The number of halogens is 1. The Bertz CT molecular complexity index is 1400. The van der Waals surface area contributed by atoms with Gasteiger partial charge in [0.2, 0.25) is 5.91 Å². The van der Waals surface area contributed by atoms with Gasteiger partial charge in [0, 0.05) is 23.9 Å². The van der Waals surface area contributed by atoms with Crippen molar-refractivity contribution in [3.8, 4) is 0 Å². The van der Waals surface area contributed by atoms with Crippen LogP contribution < -0.4 is 15.5 Å². The van der Waals surface area contributed by atoms with Crippen LogP contribution in [-0.4, -0.2) is 29.7 Å². The van der Waals surface area contributed by atoms with Crippen LogP contribution in [0.3, 0.4) is 0 Å². The number of rotatable bonds is 8. The predicted molar refractivity (Wildman–Crippen MR) is 149 cm³/mol. The molecule has 1 saturated heterocycles. The molecule has 3 heterocycles. The zero-order chi connectivity index (χ0) is 25.8. The average Bonchev–Trinajstić information content (AvgIpc) is 3.50. The predicted octanol–water partition coefficient (Wildman–Crippen LogP) is 6.24. The van der Waals surface area contributed by atoms with Crippen LogP contribution >= 0.6 is 35.6 Å². The van der Waals surface area contributed by atoms with E-state index in [0.29, 0.717) is 15.8 Å². The fraction of sp³-hybridized carbons (Fsp3) is 0.148. The molecule has 5 rings (SSSR count). The van der Waals surface area contributed by atoms with Crippen LogP contribution in [0.5, 0.6) is 0 Å². The van der Waals surface area contributed by atoms with Crippen molar-refractivity contribution in [2.45, 2.75) is 22.1 Å². The molecule has 0 saturated carbocycles. The van der Waals surface area contributed by atoms with Crippen molar-refractivity contribution >= 4 is 58.0 Å². The normalized spacial score (nSPS) is 17.0. The van der Waals surface area contributed by atoms with E-state index >= 15 is 0 Å². The zero-order valence-electron chi connectivity index (χ0n) is 19.8. The van der Waals surface area contributed by atoms with Crippen LogP contribution in [0.2, 0.25) is 5.02 Å². The lowest BCUT2D eigenvalue weighted by Crippen LogP contribution is -2.29. The summed E-state index contributed by atoms with van der Waals surface area (Å²) in [5, 5.41) is 7.82. The van der Waals surface area contributed by atoms with E-state index in [1.807, 2.05) is 71.6 Å². The van der Waals surface area contributed by atoms with Gasteiger partial charge in [-0.2, -0.15) is 0 Å². The van der Waals surface area contributed by atoms with Crippen molar-refractivity contribution in [2.75, 3.05) is 23.9 Å². The van der Waals surface area contributed by atoms with Crippen molar-refractivity contribution in [3.63, 3.8) is 0 Å². The molecule has 0 aliphatic carbocycles. The first kappa shape index (κ1) is 25.3. The van der Waals surface area contributed by atoms with E-state index in [-0.39, 0.29) is 24.6 Å². The summed E-state index contributed by atoms with van der Waals surface area (Å²) in [5.74, 6) is 0.442. The lowest BCUT2D eigenvalue weighted by atomic mass is 10.0. The average molecular weight is 551 g/mol. The van der Waals surface area contributed by atoms with Crippen LogP contribution in [0.4, 0.5) is 11.4 Å². The van der Waals surface area contributed by atoms with Gasteiger partial charge in [-0.15, -0.1) is 0 Å². The summed E-state index contributed by atoms with van der Waals surface area (Å²) >= 11 is 13.9. The maximum absolute atomic E-state index is 12.0. The minimum Gasteiger partial charge on any atom is -0.452 e. The fourth-order valence-electron chi connectivity index (χ4n) is 4.15. The molecule has 7 nitrogen and oxygen atoms in total. The topological polar surface area (TPSA) is 79.6 Å². The molecular weight excluding hydrogens is 528 g/mol. The summed E-state index contributed by atoms with van der Waals surface area (Å²) in [4.78, 5) is 19.6. The van der Waals surface area contributed by atoms with E-state index in [0.717, 1.165) is 27.1 Å². The van der Waals surface area contributed by atoms with Gasteiger partial charge in [-0.05, 0) is 66.8 Å². The number of hydrogen-bond donors (Lipinski definition) is 2. The highest BCUT2D eigenvalue weighted by molar-refractivity contribution is 7.99. The summed E-state index contributed by atoms with van der Waals surface area (Å²) in [7, 11) is 1.46. The molecule has 10 heteroatoms. The van der Waals surface area contributed by atoms with Crippen molar-refractivity contribution in [2.24, 2.45) is 0 Å². The summed E-state index contributed by atoms with van der Waals surface area (Å²) < 4.78 is 11.2. The molecule has 0 radical (unpaired) electrons. The third-order valence-electron chi connectivity index (χ3n) is 5.73. The van der Waals surface area contributed by atoms with Crippen molar-refractivity contribution < 1.29 is 13.9 Å². The van der Waals surface area contributed by atoms with Crippen molar-refractivity contribution in [3.05, 3.63) is 102 Å². The molecule has 1 fully saturated rings. The largest absolute Gasteiger partial charge is 0.452 e. The Morgan fingerprint density at radius 3 is 2.70 bits per heavy atom. The lowest BCUT2D eigenvalue weighted by molar-refractivity contribution is -0.119. The van der Waals surface area contributed by atoms with Crippen LogP contribution in [-0.2, 0) is 9.53 Å². The minimum absolute atomic E-state index is 0.0616. The molecule has 2 aromatic carbocycles. The molecule has 1 aliphatic rings.